The largest absolute Gasteiger partial charge is 0.368 e. The molecule has 0 heterocycles. The summed E-state index contributed by atoms with van der Waals surface area (Å²) in [5, 5.41) is 19.1. The Morgan fingerprint density at radius 2 is 1.21 bits per heavy atom. The molecule has 0 saturated heterocycles. The molecule has 14 heavy (non-hydrogen) atoms. The van der Waals surface area contributed by atoms with Gasteiger partial charge in [0.1, 0.15) is 0 Å². The summed E-state index contributed by atoms with van der Waals surface area (Å²) < 4.78 is 0. The topological polar surface area (TPSA) is 40.5 Å². The van der Waals surface area contributed by atoms with Gasteiger partial charge in [0.25, 0.3) is 0 Å². The van der Waals surface area contributed by atoms with E-state index in [1.807, 2.05) is 6.92 Å². The SMILES string of the molecule is CC(C)(C)CC(C)(C(O)O)C(C)(C)C. The van der Waals surface area contributed by atoms with Crippen LogP contribution >= 0.6 is 0 Å². The molecule has 0 amide bonds. The fourth-order valence-electron chi connectivity index (χ4n) is 1.85. The monoisotopic (exact) mass is 202 g/mol. The van der Waals surface area contributed by atoms with Gasteiger partial charge < -0.3 is 10.2 Å². The summed E-state index contributed by atoms with van der Waals surface area (Å²) in [4.78, 5) is 0. The molecule has 0 aliphatic heterocycles. The van der Waals surface area contributed by atoms with Gasteiger partial charge >= 0.3 is 0 Å². The minimum atomic E-state index is -1.26. The molecule has 1 unspecified atom stereocenters. The number of aliphatic hydroxyl groups is 2. The molecule has 0 aromatic rings. The van der Waals surface area contributed by atoms with Gasteiger partial charge in [0, 0.05) is 5.41 Å². The highest BCUT2D eigenvalue weighted by Gasteiger charge is 2.45. The highest BCUT2D eigenvalue weighted by Crippen LogP contribution is 2.48. The Labute approximate surface area is 88.3 Å². The summed E-state index contributed by atoms with van der Waals surface area (Å²) in [6.07, 6.45) is -0.469. The first-order chi connectivity index (χ1) is 5.90. The summed E-state index contributed by atoms with van der Waals surface area (Å²) >= 11 is 0. The smallest absolute Gasteiger partial charge is 0.157 e. The molecule has 1 atom stereocenters. The van der Waals surface area contributed by atoms with Crippen LogP contribution in [0.25, 0.3) is 0 Å². The van der Waals surface area contributed by atoms with Gasteiger partial charge in [0.15, 0.2) is 6.29 Å². The Morgan fingerprint density at radius 3 is 1.29 bits per heavy atom. The highest BCUT2D eigenvalue weighted by atomic mass is 16.5. The molecule has 0 aromatic carbocycles. The standard InChI is InChI=1S/C12H26O2/c1-10(2,3)8-12(7,9(13)14)11(4,5)6/h9,13-14H,8H2,1-7H3. The highest BCUT2D eigenvalue weighted by molar-refractivity contribution is 4.91. The summed E-state index contributed by atoms with van der Waals surface area (Å²) in [6.45, 7) is 14.5. The number of rotatable bonds is 2. The number of hydrogen-bond donors (Lipinski definition) is 2. The van der Waals surface area contributed by atoms with Crippen molar-refractivity contribution >= 4 is 0 Å². The maximum Gasteiger partial charge on any atom is 0.157 e. The Bertz CT molecular complexity index is 183. The van der Waals surface area contributed by atoms with Crippen LogP contribution in [0.2, 0.25) is 0 Å². The van der Waals surface area contributed by atoms with Crippen molar-refractivity contribution in [2.45, 2.75) is 61.2 Å². The van der Waals surface area contributed by atoms with Crippen LogP contribution < -0.4 is 0 Å². The van der Waals surface area contributed by atoms with Crippen LogP contribution in [0.3, 0.4) is 0 Å². The van der Waals surface area contributed by atoms with E-state index in [1.165, 1.54) is 0 Å². The average Bonchev–Trinajstić information content (AvgIpc) is 1.79. The number of hydrogen-bond acceptors (Lipinski definition) is 2. The van der Waals surface area contributed by atoms with Gasteiger partial charge in [-0.1, -0.05) is 48.5 Å². The van der Waals surface area contributed by atoms with Crippen LogP contribution in [0.15, 0.2) is 0 Å². The lowest BCUT2D eigenvalue weighted by molar-refractivity contribution is -0.181. The molecule has 86 valence electrons. The van der Waals surface area contributed by atoms with Gasteiger partial charge in [0.05, 0.1) is 0 Å². The van der Waals surface area contributed by atoms with Crippen molar-refractivity contribution in [1.29, 1.82) is 0 Å². The van der Waals surface area contributed by atoms with Gasteiger partial charge in [-0.25, -0.2) is 0 Å². The van der Waals surface area contributed by atoms with Crippen molar-refractivity contribution in [1.82, 2.24) is 0 Å². The van der Waals surface area contributed by atoms with E-state index in [2.05, 4.69) is 41.5 Å². The fraction of sp³-hybridized carbons (Fsp3) is 1.00. The molecule has 0 saturated carbocycles. The maximum atomic E-state index is 9.53. The van der Waals surface area contributed by atoms with Gasteiger partial charge in [-0.2, -0.15) is 0 Å². The molecule has 2 nitrogen and oxygen atoms in total. The Kier molecular flexibility index (Phi) is 3.80. The quantitative estimate of drug-likeness (QED) is 0.676. The van der Waals surface area contributed by atoms with Gasteiger partial charge in [0.2, 0.25) is 0 Å². The van der Waals surface area contributed by atoms with E-state index in [1.54, 1.807) is 0 Å². The molecule has 0 spiro atoms. The predicted molar refractivity (Wildman–Crippen MR) is 59.9 cm³/mol. The first kappa shape index (κ1) is 13.9. The lowest BCUT2D eigenvalue weighted by atomic mass is 9.61. The first-order valence-corrected chi connectivity index (χ1v) is 5.26. The van der Waals surface area contributed by atoms with Gasteiger partial charge in [-0.15, -0.1) is 0 Å². The molecule has 0 aromatic heterocycles. The van der Waals surface area contributed by atoms with E-state index in [9.17, 15) is 10.2 Å². The average molecular weight is 202 g/mol. The minimum Gasteiger partial charge on any atom is -0.368 e. The molecule has 0 aliphatic carbocycles. The van der Waals surface area contributed by atoms with Crippen molar-refractivity contribution in [2.75, 3.05) is 0 Å². The maximum absolute atomic E-state index is 9.53. The molecule has 0 fully saturated rings. The second kappa shape index (κ2) is 3.82. The van der Waals surface area contributed by atoms with Crippen molar-refractivity contribution in [3.8, 4) is 0 Å². The van der Waals surface area contributed by atoms with Crippen molar-refractivity contribution in [2.24, 2.45) is 16.2 Å². The van der Waals surface area contributed by atoms with E-state index in [0.29, 0.717) is 0 Å². The molecule has 2 N–H and O–H groups in total. The molecule has 2 heteroatoms. The second-order valence-electron chi connectivity index (χ2n) is 6.78. The van der Waals surface area contributed by atoms with Crippen LogP contribution in [0.1, 0.15) is 54.9 Å². The number of aliphatic hydroxyl groups excluding tert-OH is 1. The summed E-state index contributed by atoms with van der Waals surface area (Å²) in [5.41, 5.74) is -0.481. The summed E-state index contributed by atoms with van der Waals surface area (Å²) in [6, 6.07) is 0. The molecule has 0 radical (unpaired) electrons. The third-order valence-corrected chi connectivity index (χ3v) is 3.18. The van der Waals surface area contributed by atoms with Crippen LogP contribution in [0, 0.1) is 16.2 Å². The zero-order valence-electron chi connectivity index (χ0n) is 10.7. The lowest BCUT2D eigenvalue weighted by Crippen LogP contribution is -2.45. The van der Waals surface area contributed by atoms with E-state index in [0.717, 1.165) is 6.42 Å². The van der Waals surface area contributed by atoms with E-state index < -0.39 is 11.7 Å². The van der Waals surface area contributed by atoms with Gasteiger partial charge in [-0.3, -0.25) is 0 Å². The summed E-state index contributed by atoms with van der Waals surface area (Å²) in [7, 11) is 0. The molecular formula is C12H26O2. The van der Waals surface area contributed by atoms with E-state index >= 15 is 0 Å². The van der Waals surface area contributed by atoms with Gasteiger partial charge in [-0.05, 0) is 17.3 Å². The second-order valence-corrected chi connectivity index (χ2v) is 6.78. The lowest BCUT2D eigenvalue weighted by Gasteiger charge is -2.46. The van der Waals surface area contributed by atoms with Crippen molar-refractivity contribution < 1.29 is 10.2 Å². The molecular weight excluding hydrogens is 176 g/mol. The predicted octanol–water partition coefficient (Wildman–Crippen LogP) is 2.79. The Balaban J connectivity index is 4.94. The third kappa shape index (κ3) is 3.25. The van der Waals surface area contributed by atoms with Crippen LogP contribution in [0.4, 0.5) is 0 Å². The zero-order chi connectivity index (χ0) is 11.8. The van der Waals surface area contributed by atoms with E-state index in [-0.39, 0.29) is 10.8 Å². The van der Waals surface area contributed by atoms with Crippen molar-refractivity contribution in [3.05, 3.63) is 0 Å². The van der Waals surface area contributed by atoms with Crippen LogP contribution in [-0.2, 0) is 0 Å². The first-order valence-electron chi connectivity index (χ1n) is 5.26. The molecule has 0 rings (SSSR count). The van der Waals surface area contributed by atoms with Crippen molar-refractivity contribution in [3.63, 3.8) is 0 Å². The van der Waals surface area contributed by atoms with Crippen LogP contribution in [0.5, 0.6) is 0 Å². The Morgan fingerprint density at radius 1 is 0.857 bits per heavy atom. The summed E-state index contributed by atoms with van der Waals surface area (Å²) in [5.74, 6) is 0. The van der Waals surface area contributed by atoms with E-state index in [4.69, 9.17) is 0 Å². The molecule has 0 aliphatic rings. The van der Waals surface area contributed by atoms with Crippen LogP contribution in [-0.4, -0.2) is 16.5 Å². The normalized spacial score (nSPS) is 18.4. The Hall–Kier alpha value is -0.0800. The third-order valence-electron chi connectivity index (χ3n) is 3.18. The zero-order valence-corrected chi connectivity index (χ0v) is 10.7. The molecule has 0 bridgehead atoms. The fourth-order valence-corrected chi connectivity index (χ4v) is 1.85. The minimum absolute atomic E-state index is 0.103.